The van der Waals surface area contributed by atoms with Crippen molar-refractivity contribution in [1.82, 2.24) is 0 Å². The molecule has 450 valence electrons. The summed E-state index contributed by atoms with van der Waals surface area (Å²) in [5, 5.41) is 159. The normalized spacial score (nSPS) is 50.5. The molecule has 29 unspecified atom stereocenters. The van der Waals surface area contributed by atoms with Crippen molar-refractivity contribution in [2.45, 2.75) is 247 Å². The molecule has 4 saturated heterocycles. The zero-order valence-corrected chi connectivity index (χ0v) is 46.0. The number of aliphatic hydroxyl groups is 15. The molecule has 3 saturated carbocycles. The van der Waals surface area contributed by atoms with Crippen LogP contribution in [0.2, 0.25) is 0 Å². The van der Waals surface area contributed by atoms with Gasteiger partial charge in [0.25, 0.3) is 0 Å². The number of Topliss-reactive ketones (excluding diaryl/α,β-unsaturated/α-hetero) is 1. The number of allylic oxidation sites excluding steroid dienone is 1. The van der Waals surface area contributed by atoms with Crippen LogP contribution in [-0.4, -0.2) is 249 Å². The van der Waals surface area contributed by atoms with Gasteiger partial charge in [-0.25, -0.2) is 0 Å². The van der Waals surface area contributed by atoms with Crippen molar-refractivity contribution in [1.29, 1.82) is 0 Å². The van der Waals surface area contributed by atoms with Gasteiger partial charge in [0.05, 0.1) is 44.2 Å². The fraction of sp³-hybridized carbons (Fsp3) is 0.944. The van der Waals surface area contributed by atoms with Crippen molar-refractivity contribution in [3.8, 4) is 0 Å². The van der Waals surface area contributed by atoms with Gasteiger partial charge < -0.3 is 114 Å². The number of aliphatic hydroxyl groups excluding tert-OH is 14. The Kier molecular flexibility index (Phi) is 18.8. The van der Waals surface area contributed by atoms with Crippen LogP contribution in [0.25, 0.3) is 0 Å². The Morgan fingerprint density at radius 1 is 0.615 bits per heavy atom. The third-order valence-electron chi connectivity index (χ3n) is 20.5. The summed E-state index contributed by atoms with van der Waals surface area (Å²) in [6.07, 6.45) is -27.7. The van der Waals surface area contributed by atoms with Crippen molar-refractivity contribution >= 4 is 5.78 Å². The van der Waals surface area contributed by atoms with Gasteiger partial charge in [0.2, 0.25) is 0 Å². The van der Waals surface area contributed by atoms with E-state index in [1.54, 1.807) is 0 Å². The summed E-state index contributed by atoms with van der Waals surface area (Å²) in [4.78, 5) is 15.2. The number of carbonyl (C=O) groups excluding carboxylic acids is 1. The maximum Gasteiger partial charge on any atom is 0.187 e. The molecule has 0 aromatic carbocycles. The quantitative estimate of drug-likeness (QED) is 0.0645. The van der Waals surface area contributed by atoms with Crippen LogP contribution in [0.1, 0.15) is 107 Å². The van der Waals surface area contributed by atoms with Gasteiger partial charge in [-0.3, -0.25) is 4.79 Å². The van der Waals surface area contributed by atoms with E-state index in [-0.39, 0.29) is 41.3 Å². The molecule has 24 heteroatoms. The zero-order valence-electron chi connectivity index (χ0n) is 46.0. The van der Waals surface area contributed by atoms with Crippen LogP contribution >= 0.6 is 0 Å². The molecular formula is C54H90O24. The molecule has 4 heterocycles. The summed E-state index contributed by atoms with van der Waals surface area (Å²) >= 11 is 0. The highest BCUT2D eigenvalue weighted by molar-refractivity contribution is 5.88. The molecule has 0 amide bonds. The first kappa shape index (κ1) is 62.5. The minimum Gasteiger partial charge on any atom is -0.394 e. The van der Waals surface area contributed by atoms with E-state index in [2.05, 4.69) is 47.6 Å². The molecular weight excluding hydrogens is 1030 g/mol. The average Bonchev–Trinajstić information content (AvgIpc) is 3.21. The Labute approximate surface area is 454 Å². The first-order valence-electron chi connectivity index (χ1n) is 27.9. The Bertz CT molecular complexity index is 2070. The molecule has 15 N–H and O–H groups in total. The van der Waals surface area contributed by atoms with Gasteiger partial charge in [0, 0.05) is 17.3 Å². The molecule has 8 rings (SSSR count). The number of rotatable bonds is 17. The molecule has 0 aromatic heterocycles. The van der Waals surface area contributed by atoms with Crippen molar-refractivity contribution in [3.63, 3.8) is 0 Å². The summed E-state index contributed by atoms with van der Waals surface area (Å²) in [6, 6.07) is 0. The topological polar surface area (TPSA) is 394 Å². The van der Waals surface area contributed by atoms with Crippen LogP contribution in [-0.2, 0) is 42.7 Å². The van der Waals surface area contributed by atoms with Crippen molar-refractivity contribution in [2.24, 2.45) is 45.3 Å². The Hall–Kier alpha value is -1.51. The summed E-state index contributed by atoms with van der Waals surface area (Å²) in [6.45, 7) is 13.2. The molecule has 4 aliphatic heterocycles. The largest absolute Gasteiger partial charge is 0.394 e. The maximum atomic E-state index is 15.2. The van der Waals surface area contributed by atoms with Gasteiger partial charge in [-0.05, 0) is 93.3 Å². The van der Waals surface area contributed by atoms with E-state index in [4.69, 9.17) is 37.9 Å². The van der Waals surface area contributed by atoms with Gasteiger partial charge in [-0.2, -0.15) is 0 Å². The third kappa shape index (κ3) is 10.9. The number of ether oxygens (including phenoxy) is 8. The smallest absolute Gasteiger partial charge is 0.187 e. The summed E-state index contributed by atoms with van der Waals surface area (Å²) in [5.74, 6) is 0.111. The minimum absolute atomic E-state index is 0.00290. The Balaban J connectivity index is 0.988. The Morgan fingerprint density at radius 2 is 1.12 bits per heavy atom. The molecule has 8 aliphatic rings. The predicted octanol–water partition coefficient (Wildman–Crippen LogP) is -3.02. The number of fused-ring (bicyclic) bond motifs is 5. The van der Waals surface area contributed by atoms with E-state index in [1.165, 1.54) is 13.8 Å². The van der Waals surface area contributed by atoms with E-state index in [9.17, 15) is 76.6 Å². The van der Waals surface area contributed by atoms with Crippen LogP contribution in [0.5, 0.6) is 0 Å². The number of ketones is 1. The molecule has 0 radical (unpaired) electrons. The molecule has 78 heavy (non-hydrogen) atoms. The molecule has 7 fully saturated rings. The maximum absolute atomic E-state index is 15.2. The predicted molar refractivity (Wildman–Crippen MR) is 267 cm³/mol. The molecule has 0 aromatic rings. The summed E-state index contributed by atoms with van der Waals surface area (Å²) in [5.41, 5.74) is -2.54. The number of hydrogen-bond donors (Lipinski definition) is 15. The second-order valence-electron chi connectivity index (χ2n) is 25.7. The monoisotopic (exact) mass is 1120 g/mol. The first-order valence-corrected chi connectivity index (χ1v) is 27.9. The lowest BCUT2D eigenvalue weighted by Gasteiger charge is -2.65. The molecule has 0 spiro atoms. The lowest BCUT2D eigenvalue weighted by Crippen LogP contribution is -2.65. The minimum atomic E-state index is -1.94. The van der Waals surface area contributed by atoms with Crippen molar-refractivity contribution < 1.29 is 119 Å². The van der Waals surface area contributed by atoms with Gasteiger partial charge in [0.15, 0.2) is 25.2 Å². The van der Waals surface area contributed by atoms with E-state index in [0.29, 0.717) is 32.1 Å². The van der Waals surface area contributed by atoms with Crippen LogP contribution < -0.4 is 0 Å². The van der Waals surface area contributed by atoms with Crippen molar-refractivity contribution in [2.75, 3.05) is 26.4 Å². The van der Waals surface area contributed by atoms with Crippen molar-refractivity contribution in [3.05, 3.63) is 11.6 Å². The van der Waals surface area contributed by atoms with Gasteiger partial charge in [-0.15, -0.1) is 0 Å². The fourth-order valence-corrected chi connectivity index (χ4v) is 15.3. The van der Waals surface area contributed by atoms with Gasteiger partial charge in [-0.1, -0.05) is 53.2 Å². The fourth-order valence-electron chi connectivity index (χ4n) is 15.3. The van der Waals surface area contributed by atoms with Crippen LogP contribution in [0.3, 0.4) is 0 Å². The molecule has 24 nitrogen and oxygen atoms in total. The third-order valence-corrected chi connectivity index (χ3v) is 20.5. The number of hydrogen-bond acceptors (Lipinski definition) is 24. The van der Waals surface area contributed by atoms with E-state index < -0.39 is 183 Å². The Morgan fingerprint density at radius 3 is 1.65 bits per heavy atom. The molecule has 4 aliphatic carbocycles. The average molecular weight is 1120 g/mol. The van der Waals surface area contributed by atoms with Crippen LogP contribution in [0.15, 0.2) is 11.6 Å². The SMILES string of the molecule is CC(CCC(OC1OC(COC2OC(CO)C(O)C(O)C2O)C(O)C(O)C1OC1OC(CO)C(O)C(O)C1O)C(C)(C)O)C1CCC2(C)C3CC=C4C(CCC(OC5OC(CO)C(O)C(O)C5O)C4(C)C)C3(C)C(=O)CC12C. The van der Waals surface area contributed by atoms with E-state index in [1.807, 2.05) is 0 Å². The lowest BCUT2D eigenvalue weighted by molar-refractivity contribution is -0.380. The number of carbonyl (C=O) groups is 1. The first-order chi connectivity index (χ1) is 36.4. The summed E-state index contributed by atoms with van der Waals surface area (Å²) < 4.78 is 47.7. The lowest BCUT2D eigenvalue weighted by atomic mass is 9.38. The van der Waals surface area contributed by atoms with Crippen LogP contribution in [0, 0.1) is 45.3 Å². The molecule has 29 atom stereocenters. The highest BCUT2D eigenvalue weighted by atomic mass is 16.8. The van der Waals surface area contributed by atoms with Gasteiger partial charge >= 0.3 is 0 Å². The second kappa shape index (κ2) is 23.5. The zero-order chi connectivity index (χ0) is 57.5. The van der Waals surface area contributed by atoms with E-state index >= 15 is 4.79 Å². The van der Waals surface area contributed by atoms with Crippen LogP contribution in [0.4, 0.5) is 0 Å². The highest BCUT2D eigenvalue weighted by Crippen LogP contribution is 2.74. The second-order valence-corrected chi connectivity index (χ2v) is 25.7. The van der Waals surface area contributed by atoms with Gasteiger partial charge in [0.1, 0.15) is 103 Å². The summed E-state index contributed by atoms with van der Waals surface area (Å²) in [7, 11) is 0. The molecule has 0 bridgehead atoms. The standard InChI is InChI=1S/C54H90O24/c1-22(23-15-16-52(6)30-12-10-24-25(54(30,8)31(58)17-53(23,52)7)11-14-32(50(24,2)3)76-47-43(68)39(64)35(60)27(19-56)73-47)9-13-33(51(4,5)70)77-49-45(78-48-44(69)40(65)36(61)28(20-57)74-48)41(66)37(62)29(75-49)21-71-46-42(67)38(63)34(59)26(18-55)72-46/h10,22-23,25-30,32-49,55-57,59-70H,9,11-21H2,1-8H3. The highest BCUT2D eigenvalue weighted by Gasteiger charge is 2.71. The van der Waals surface area contributed by atoms with E-state index in [0.717, 1.165) is 18.4 Å².